The lowest BCUT2D eigenvalue weighted by molar-refractivity contribution is 0.257. The van der Waals surface area contributed by atoms with Crippen LogP contribution in [0.1, 0.15) is 0 Å². The molecule has 0 saturated carbocycles. The van der Waals surface area contributed by atoms with Gasteiger partial charge in [0.2, 0.25) is 0 Å². The van der Waals surface area contributed by atoms with Crippen LogP contribution >= 0.6 is 23.2 Å². The van der Waals surface area contributed by atoms with Gasteiger partial charge in [0.25, 0.3) is 0 Å². The van der Waals surface area contributed by atoms with Crippen molar-refractivity contribution in [1.82, 2.24) is 0 Å². The molecule has 2 amide bonds. The number of hydrogen-bond donors (Lipinski definition) is 2. The summed E-state index contributed by atoms with van der Waals surface area (Å²) in [7, 11) is -3.25. The second-order valence-electron chi connectivity index (χ2n) is 4.02. The highest BCUT2D eigenvalue weighted by Gasteiger charge is 2.14. The first kappa shape index (κ1) is 15.6. The average molecular weight is 344 g/mol. The Balaban J connectivity index is 2.48. The molecule has 0 aliphatic heterocycles. The van der Waals surface area contributed by atoms with Crippen molar-refractivity contribution in [3.8, 4) is 0 Å². The van der Waals surface area contributed by atoms with E-state index in [2.05, 4.69) is 9.08 Å². The number of carbonyl (C=O) groups excluding carboxylic acids is 1. The zero-order valence-corrected chi connectivity index (χ0v) is 13.0. The number of rotatable bonds is 3. The van der Waals surface area contributed by atoms with Gasteiger partial charge < -0.3 is 5.73 Å². The zero-order chi connectivity index (χ0) is 15.5. The van der Waals surface area contributed by atoms with Crippen LogP contribution in [0.5, 0.6) is 0 Å². The van der Waals surface area contributed by atoms with E-state index >= 15 is 0 Å². The van der Waals surface area contributed by atoms with Gasteiger partial charge in [0.1, 0.15) is 0 Å². The van der Waals surface area contributed by atoms with Crippen molar-refractivity contribution in [3.05, 3.63) is 58.6 Å². The van der Waals surface area contributed by atoms with Gasteiger partial charge in [-0.25, -0.2) is 9.00 Å². The van der Waals surface area contributed by atoms with E-state index in [9.17, 15) is 9.00 Å². The normalized spacial score (nSPS) is 13.2. The van der Waals surface area contributed by atoms with E-state index in [1.807, 2.05) is 0 Å². The van der Waals surface area contributed by atoms with Gasteiger partial charge >= 0.3 is 6.03 Å². The van der Waals surface area contributed by atoms with Crippen molar-refractivity contribution in [3.63, 3.8) is 0 Å². The van der Waals surface area contributed by atoms with E-state index in [1.54, 1.807) is 36.4 Å². The number of benzene rings is 2. The van der Waals surface area contributed by atoms with Crippen LogP contribution in [0.3, 0.4) is 0 Å². The molecule has 2 aromatic rings. The Morgan fingerprint density at radius 2 is 1.48 bits per heavy atom. The molecule has 1 unspecified atom stereocenters. The highest BCUT2D eigenvalue weighted by Crippen LogP contribution is 2.21. The van der Waals surface area contributed by atoms with Crippen molar-refractivity contribution < 1.29 is 9.00 Å². The van der Waals surface area contributed by atoms with Crippen molar-refractivity contribution >= 4 is 44.8 Å². The Kier molecular flexibility index (Phi) is 4.72. The Hall–Kier alpha value is -1.76. The number of primary amides is 1. The smallest absolute Gasteiger partial charge is 0.348 e. The zero-order valence-electron chi connectivity index (χ0n) is 10.6. The lowest BCUT2D eigenvalue weighted by Gasteiger charge is -2.12. The topological polar surface area (TPSA) is 84.6 Å². The minimum absolute atomic E-state index is 0.292. The number of urea groups is 1. The first-order valence-corrected chi connectivity index (χ1v) is 8.02. The summed E-state index contributed by atoms with van der Waals surface area (Å²) >= 11 is 11.6. The number of nitrogens with two attached hydrogens (primary N) is 1. The Morgan fingerprint density at radius 3 is 1.95 bits per heavy atom. The van der Waals surface area contributed by atoms with Crippen LogP contribution in [0.2, 0.25) is 10.0 Å². The first-order valence-electron chi connectivity index (χ1n) is 5.74. The van der Waals surface area contributed by atoms with Gasteiger partial charge in [0.05, 0.1) is 4.90 Å². The van der Waals surface area contributed by atoms with Gasteiger partial charge in [0, 0.05) is 15.7 Å². The monoisotopic (exact) mass is 343 g/mol. The van der Waals surface area contributed by atoms with E-state index in [-0.39, 0.29) is 0 Å². The number of amides is 2. The lowest BCUT2D eigenvalue weighted by atomic mass is 10.3. The van der Waals surface area contributed by atoms with E-state index in [1.165, 1.54) is 12.1 Å². The minimum Gasteiger partial charge on any atom is -0.349 e. The molecule has 0 radical (unpaired) electrons. The molecule has 0 fully saturated rings. The predicted octanol–water partition coefficient (Wildman–Crippen LogP) is 3.93. The molecule has 110 valence electrons. The summed E-state index contributed by atoms with van der Waals surface area (Å²) < 4.78 is 19.1. The molecule has 5 nitrogen and oxygen atoms in total. The molecule has 1 atom stereocenters. The Bertz CT molecular complexity index is 767. The van der Waals surface area contributed by atoms with Crippen LogP contribution in [0.15, 0.2) is 57.8 Å². The van der Waals surface area contributed by atoms with Crippen LogP contribution in [-0.4, -0.2) is 10.2 Å². The summed E-state index contributed by atoms with van der Waals surface area (Å²) in [6, 6.07) is 11.6. The van der Waals surface area contributed by atoms with Crippen molar-refractivity contribution in [2.75, 3.05) is 4.72 Å². The van der Waals surface area contributed by atoms with Crippen LogP contribution in [-0.2, 0) is 9.92 Å². The highest BCUT2D eigenvalue weighted by atomic mass is 35.5. The van der Waals surface area contributed by atoms with Crippen LogP contribution < -0.4 is 10.5 Å². The third-order valence-corrected chi connectivity index (χ3v) is 4.82. The molecule has 21 heavy (non-hydrogen) atoms. The molecule has 0 aliphatic carbocycles. The lowest BCUT2D eigenvalue weighted by Crippen LogP contribution is -2.17. The number of anilines is 1. The molecular weight excluding hydrogens is 333 g/mol. The Labute approximate surface area is 132 Å². The first-order chi connectivity index (χ1) is 9.89. The molecule has 0 saturated heterocycles. The minimum atomic E-state index is -3.25. The van der Waals surface area contributed by atoms with Crippen molar-refractivity contribution in [1.29, 1.82) is 0 Å². The summed E-state index contributed by atoms with van der Waals surface area (Å²) in [5, 5.41) is 1.01. The van der Waals surface area contributed by atoms with Gasteiger partial charge in [-0.3, -0.25) is 4.72 Å². The third-order valence-electron chi connectivity index (χ3n) is 2.45. The average Bonchev–Trinajstić information content (AvgIpc) is 2.41. The van der Waals surface area contributed by atoms with Crippen molar-refractivity contribution in [2.45, 2.75) is 4.90 Å². The molecule has 0 spiro atoms. The molecule has 3 N–H and O–H groups in total. The van der Waals surface area contributed by atoms with Gasteiger partial charge in [0.15, 0.2) is 9.92 Å². The SMILES string of the molecule is NC(=O)N=S(=O)(Nc1ccc(Cl)cc1)c1ccc(Cl)cc1. The summed E-state index contributed by atoms with van der Waals surface area (Å²) in [5.74, 6) is 0. The summed E-state index contributed by atoms with van der Waals surface area (Å²) in [5.41, 5.74) is 5.54. The summed E-state index contributed by atoms with van der Waals surface area (Å²) in [4.78, 5) is 11.4. The van der Waals surface area contributed by atoms with E-state index in [0.29, 0.717) is 20.6 Å². The van der Waals surface area contributed by atoms with Gasteiger partial charge in [-0.2, -0.15) is 0 Å². The number of nitrogens with one attached hydrogen (secondary N) is 1. The second kappa shape index (κ2) is 6.34. The standard InChI is InChI=1S/C13H11Cl2N3O2S/c14-9-1-5-11(6-2-9)17-21(20,18-13(16)19)12-7-3-10(15)4-8-12/h1-8H,(H3,16,17,18,19,20). The predicted molar refractivity (Wildman–Crippen MR) is 84.9 cm³/mol. The molecule has 2 aromatic carbocycles. The number of nitrogens with zero attached hydrogens (tertiary/aromatic N) is 1. The Morgan fingerprint density at radius 1 is 1.00 bits per heavy atom. The maximum Gasteiger partial charge on any atom is 0.348 e. The fourth-order valence-corrected chi connectivity index (χ4v) is 3.29. The third kappa shape index (κ3) is 4.10. The van der Waals surface area contributed by atoms with Crippen LogP contribution in [0.25, 0.3) is 0 Å². The molecular formula is C13H11Cl2N3O2S. The molecule has 0 aliphatic rings. The van der Waals surface area contributed by atoms with Crippen LogP contribution in [0.4, 0.5) is 10.5 Å². The summed E-state index contributed by atoms with van der Waals surface area (Å²) in [6.07, 6.45) is 0. The largest absolute Gasteiger partial charge is 0.349 e. The fraction of sp³-hybridized carbons (Fsp3) is 0. The second-order valence-corrected chi connectivity index (χ2v) is 6.80. The van der Waals surface area contributed by atoms with E-state index < -0.39 is 15.9 Å². The van der Waals surface area contributed by atoms with Crippen LogP contribution in [0, 0.1) is 0 Å². The summed E-state index contributed by atoms with van der Waals surface area (Å²) in [6.45, 7) is 0. The highest BCUT2D eigenvalue weighted by molar-refractivity contribution is 7.95. The van der Waals surface area contributed by atoms with E-state index in [0.717, 1.165) is 0 Å². The molecule has 0 bridgehead atoms. The maximum atomic E-state index is 12.9. The van der Waals surface area contributed by atoms with Gasteiger partial charge in [-0.05, 0) is 48.5 Å². The van der Waals surface area contributed by atoms with Gasteiger partial charge in [-0.15, -0.1) is 4.36 Å². The molecule has 8 heteroatoms. The van der Waals surface area contributed by atoms with Gasteiger partial charge in [-0.1, -0.05) is 23.2 Å². The van der Waals surface area contributed by atoms with Crippen molar-refractivity contribution in [2.24, 2.45) is 10.1 Å². The van der Waals surface area contributed by atoms with E-state index in [4.69, 9.17) is 28.9 Å². The molecule has 0 heterocycles. The number of carbonyl (C=O) groups is 1. The maximum absolute atomic E-state index is 12.9. The number of hydrogen-bond acceptors (Lipinski definition) is 2. The fourth-order valence-electron chi connectivity index (χ4n) is 1.56. The molecule has 2 rings (SSSR count). The molecule has 0 aromatic heterocycles. The number of halogens is 2. The quantitative estimate of drug-likeness (QED) is 0.884.